The normalized spacial score (nSPS) is 18.3. The largest absolute Gasteiger partial charge is 0.376 e. The first kappa shape index (κ1) is 16.6. The van der Waals surface area contributed by atoms with Gasteiger partial charge in [0.2, 0.25) is 5.91 Å². The summed E-state index contributed by atoms with van der Waals surface area (Å²) in [5, 5.41) is 3.06. The van der Waals surface area contributed by atoms with E-state index in [9.17, 15) is 9.18 Å². The lowest BCUT2D eigenvalue weighted by Gasteiger charge is -2.25. The van der Waals surface area contributed by atoms with Crippen molar-refractivity contribution in [2.45, 2.75) is 37.8 Å². The third kappa shape index (κ3) is 4.38. The van der Waals surface area contributed by atoms with Crippen molar-refractivity contribution in [3.05, 3.63) is 65.7 Å². The maximum atomic E-state index is 13.2. The van der Waals surface area contributed by atoms with Crippen molar-refractivity contribution in [2.24, 2.45) is 0 Å². The molecule has 24 heavy (non-hydrogen) atoms. The number of benzene rings is 1. The minimum atomic E-state index is -0.283. The smallest absolute Gasteiger partial charge is 0.220 e. The molecular formula is C19H21FN2O2. The molecule has 2 heterocycles. The number of nitrogens with one attached hydrogen (secondary N) is 1. The third-order valence-corrected chi connectivity index (χ3v) is 4.27. The Kier molecular flexibility index (Phi) is 5.54. The van der Waals surface area contributed by atoms with Crippen LogP contribution in [-0.4, -0.2) is 23.6 Å². The molecule has 1 amide bonds. The Morgan fingerprint density at radius 3 is 2.67 bits per heavy atom. The summed E-state index contributed by atoms with van der Waals surface area (Å²) in [6.45, 7) is 0.704. The SMILES string of the molecule is O=C(CCc1ccncc1)NC(c1ccc(F)cc1)C1CCCO1. The Hall–Kier alpha value is -2.27. The van der Waals surface area contributed by atoms with Crippen molar-refractivity contribution in [3.8, 4) is 0 Å². The van der Waals surface area contributed by atoms with E-state index in [0.717, 1.165) is 24.0 Å². The van der Waals surface area contributed by atoms with Gasteiger partial charge in [0.1, 0.15) is 5.82 Å². The molecule has 0 saturated carbocycles. The van der Waals surface area contributed by atoms with Gasteiger partial charge in [-0.05, 0) is 54.7 Å². The second kappa shape index (κ2) is 8.02. The summed E-state index contributed by atoms with van der Waals surface area (Å²) >= 11 is 0. The molecule has 1 fully saturated rings. The highest BCUT2D eigenvalue weighted by Gasteiger charge is 2.28. The van der Waals surface area contributed by atoms with E-state index in [-0.39, 0.29) is 23.9 Å². The zero-order valence-electron chi connectivity index (χ0n) is 13.5. The Labute approximate surface area is 141 Å². The minimum Gasteiger partial charge on any atom is -0.376 e. The number of aryl methyl sites for hydroxylation is 1. The lowest BCUT2D eigenvalue weighted by Crippen LogP contribution is -2.36. The van der Waals surface area contributed by atoms with Gasteiger partial charge in [-0.3, -0.25) is 9.78 Å². The van der Waals surface area contributed by atoms with Crippen molar-refractivity contribution in [2.75, 3.05) is 6.61 Å². The minimum absolute atomic E-state index is 0.0309. The van der Waals surface area contributed by atoms with Crippen LogP contribution < -0.4 is 5.32 Å². The number of carbonyl (C=O) groups is 1. The number of amides is 1. The molecule has 0 radical (unpaired) electrons. The summed E-state index contributed by atoms with van der Waals surface area (Å²) in [5.41, 5.74) is 1.95. The number of aromatic nitrogens is 1. The van der Waals surface area contributed by atoms with Gasteiger partial charge in [0.25, 0.3) is 0 Å². The number of rotatable bonds is 6. The van der Waals surface area contributed by atoms with E-state index in [0.29, 0.717) is 19.4 Å². The molecule has 0 aliphatic carbocycles. The van der Waals surface area contributed by atoms with E-state index in [4.69, 9.17) is 4.74 Å². The van der Waals surface area contributed by atoms with Gasteiger partial charge >= 0.3 is 0 Å². The van der Waals surface area contributed by atoms with Crippen LogP contribution in [0.5, 0.6) is 0 Å². The highest BCUT2D eigenvalue weighted by atomic mass is 19.1. The Morgan fingerprint density at radius 1 is 1.25 bits per heavy atom. The maximum Gasteiger partial charge on any atom is 0.220 e. The summed E-state index contributed by atoms with van der Waals surface area (Å²) in [6.07, 6.45) is 6.33. The standard InChI is InChI=1S/C19H21FN2O2/c20-16-6-4-15(5-7-16)19(17-2-1-13-24-17)22-18(23)8-3-14-9-11-21-12-10-14/h4-7,9-12,17,19H,1-3,8,13H2,(H,22,23). The van der Waals surface area contributed by atoms with Crippen molar-refractivity contribution < 1.29 is 13.9 Å². The fourth-order valence-corrected chi connectivity index (χ4v) is 2.98. The highest BCUT2D eigenvalue weighted by molar-refractivity contribution is 5.76. The fraction of sp³-hybridized carbons (Fsp3) is 0.368. The molecule has 1 aliphatic heterocycles. The van der Waals surface area contributed by atoms with Gasteiger partial charge < -0.3 is 10.1 Å². The van der Waals surface area contributed by atoms with Crippen LogP contribution in [0.3, 0.4) is 0 Å². The summed E-state index contributed by atoms with van der Waals surface area (Å²) < 4.78 is 18.9. The molecule has 1 aliphatic rings. The summed E-state index contributed by atoms with van der Waals surface area (Å²) in [7, 11) is 0. The fourth-order valence-electron chi connectivity index (χ4n) is 2.98. The van der Waals surface area contributed by atoms with Gasteiger partial charge in [0, 0.05) is 25.4 Å². The van der Waals surface area contributed by atoms with Crippen LogP contribution in [0.4, 0.5) is 4.39 Å². The Bertz CT molecular complexity index is 655. The monoisotopic (exact) mass is 328 g/mol. The first-order valence-corrected chi connectivity index (χ1v) is 8.28. The average Bonchev–Trinajstić information content (AvgIpc) is 3.14. The van der Waals surface area contributed by atoms with Gasteiger partial charge in [-0.25, -0.2) is 4.39 Å². The van der Waals surface area contributed by atoms with Crippen LogP contribution in [0, 0.1) is 5.82 Å². The van der Waals surface area contributed by atoms with E-state index >= 15 is 0 Å². The summed E-state index contributed by atoms with van der Waals surface area (Å²) in [5.74, 6) is -0.314. The number of pyridine rings is 1. The van der Waals surface area contributed by atoms with Crippen LogP contribution in [-0.2, 0) is 16.0 Å². The highest BCUT2D eigenvalue weighted by Crippen LogP contribution is 2.27. The molecule has 1 saturated heterocycles. The van der Waals surface area contributed by atoms with E-state index in [1.165, 1.54) is 12.1 Å². The lowest BCUT2D eigenvalue weighted by atomic mass is 9.98. The van der Waals surface area contributed by atoms with E-state index in [2.05, 4.69) is 10.3 Å². The first-order valence-electron chi connectivity index (χ1n) is 8.28. The van der Waals surface area contributed by atoms with E-state index < -0.39 is 0 Å². The third-order valence-electron chi connectivity index (χ3n) is 4.27. The predicted molar refractivity (Wildman–Crippen MR) is 88.8 cm³/mol. The number of hydrogen-bond acceptors (Lipinski definition) is 3. The zero-order chi connectivity index (χ0) is 16.8. The number of halogens is 1. The number of hydrogen-bond donors (Lipinski definition) is 1. The maximum absolute atomic E-state index is 13.2. The van der Waals surface area contributed by atoms with Gasteiger partial charge in [-0.1, -0.05) is 12.1 Å². The summed E-state index contributed by atoms with van der Waals surface area (Å²) in [6, 6.07) is 9.84. The molecule has 0 spiro atoms. The van der Waals surface area contributed by atoms with Crippen molar-refractivity contribution in [1.82, 2.24) is 10.3 Å². The second-order valence-electron chi connectivity index (χ2n) is 6.00. The van der Waals surface area contributed by atoms with Gasteiger partial charge in [-0.2, -0.15) is 0 Å². The number of ether oxygens (including phenoxy) is 1. The Morgan fingerprint density at radius 2 is 2.00 bits per heavy atom. The zero-order valence-corrected chi connectivity index (χ0v) is 13.5. The molecule has 126 valence electrons. The van der Waals surface area contributed by atoms with Crippen LogP contribution in [0.1, 0.15) is 36.4 Å². The average molecular weight is 328 g/mol. The van der Waals surface area contributed by atoms with Crippen LogP contribution >= 0.6 is 0 Å². The molecule has 5 heteroatoms. The molecule has 1 aromatic heterocycles. The topological polar surface area (TPSA) is 51.2 Å². The molecular weight excluding hydrogens is 307 g/mol. The Balaban J connectivity index is 1.64. The number of carbonyl (C=O) groups excluding carboxylic acids is 1. The predicted octanol–water partition coefficient (Wildman–Crippen LogP) is 3.19. The molecule has 3 rings (SSSR count). The molecule has 2 unspecified atom stereocenters. The number of nitrogens with zero attached hydrogens (tertiary/aromatic N) is 1. The van der Waals surface area contributed by atoms with Crippen molar-refractivity contribution in [1.29, 1.82) is 0 Å². The quantitative estimate of drug-likeness (QED) is 0.886. The van der Waals surface area contributed by atoms with Gasteiger partial charge in [0.15, 0.2) is 0 Å². The molecule has 4 nitrogen and oxygen atoms in total. The van der Waals surface area contributed by atoms with Crippen LogP contribution in [0.25, 0.3) is 0 Å². The lowest BCUT2D eigenvalue weighted by molar-refractivity contribution is -0.122. The van der Waals surface area contributed by atoms with Gasteiger partial charge in [-0.15, -0.1) is 0 Å². The molecule has 2 atom stereocenters. The van der Waals surface area contributed by atoms with Crippen LogP contribution in [0.15, 0.2) is 48.8 Å². The van der Waals surface area contributed by atoms with Crippen LogP contribution in [0.2, 0.25) is 0 Å². The van der Waals surface area contributed by atoms with E-state index in [1.807, 2.05) is 12.1 Å². The molecule has 1 aromatic carbocycles. The molecule has 1 N–H and O–H groups in total. The van der Waals surface area contributed by atoms with Crippen molar-refractivity contribution in [3.63, 3.8) is 0 Å². The van der Waals surface area contributed by atoms with Gasteiger partial charge in [0.05, 0.1) is 12.1 Å². The molecule has 2 aromatic rings. The second-order valence-corrected chi connectivity index (χ2v) is 6.00. The summed E-state index contributed by atoms with van der Waals surface area (Å²) in [4.78, 5) is 16.3. The first-order chi connectivity index (χ1) is 11.7. The molecule has 0 bridgehead atoms. The van der Waals surface area contributed by atoms with E-state index in [1.54, 1.807) is 24.5 Å². The van der Waals surface area contributed by atoms with Crippen molar-refractivity contribution >= 4 is 5.91 Å².